The van der Waals surface area contributed by atoms with Crippen LogP contribution in [0.25, 0.3) is 0 Å². The molecule has 3 saturated carbocycles. The van der Waals surface area contributed by atoms with E-state index in [1.807, 2.05) is 6.92 Å². The Hall–Kier alpha value is -0.120. The highest BCUT2D eigenvalue weighted by Gasteiger charge is 2.62. The van der Waals surface area contributed by atoms with Gasteiger partial charge in [0.25, 0.3) is 0 Å². The van der Waals surface area contributed by atoms with E-state index in [4.69, 9.17) is 4.84 Å². The lowest BCUT2D eigenvalue weighted by molar-refractivity contribution is -0.225. The third kappa shape index (κ3) is 1.16. The molecule has 0 aromatic rings. The van der Waals surface area contributed by atoms with Gasteiger partial charge in [0.2, 0.25) is 0 Å². The normalized spacial score (nSPS) is 49.9. The van der Waals surface area contributed by atoms with E-state index >= 15 is 0 Å². The minimum absolute atomic E-state index is 0.0873. The van der Waals surface area contributed by atoms with Gasteiger partial charge in [-0.3, -0.25) is 0 Å². The van der Waals surface area contributed by atoms with E-state index in [0.29, 0.717) is 11.3 Å². The maximum absolute atomic E-state index is 10.5. The topological polar surface area (TPSA) is 41.5 Å². The molecule has 0 heterocycles. The van der Waals surface area contributed by atoms with Gasteiger partial charge < -0.3 is 9.94 Å². The van der Waals surface area contributed by atoms with Gasteiger partial charge in [0.05, 0.1) is 18.8 Å². The van der Waals surface area contributed by atoms with E-state index in [9.17, 15) is 5.11 Å². The zero-order valence-electron chi connectivity index (χ0n) is 9.50. The summed E-state index contributed by atoms with van der Waals surface area (Å²) in [6.07, 6.45) is 2.19. The summed E-state index contributed by atoms with van der Waals surface area (Å²) < 4.78 is 0. The van der Waals surface area contributed by atoms with Crippen molar-refractivity contribution in [2.75, 3.05) is 7.11 Å². The zero-order chi connectivity index (χ0) is 10.6. The van der Waals surface area contributed by atoms with Crippen molar-refractivity contribution in [3.05, 3.63) is 0 Å². The van der Waals surface area contributed by atoms with E-state index in [0.717, 1.165) is 12.3 Å². The van der Waals surface area contributed by atoms with Crippen molar-refractivity contribution in [2.24, 2.45) is 17.3 Å². The number of hydroxylamine groups is 1. The molecule has 0 aromatic carbocycles. The maximum atomic E-state index is 10.5. The number of hydrogen-bond acceptors (Lipinski definition) is 3. The smallest absolute Gasteiger partial charge is 0.0828 e. The van der Waals surface area contributed by atoms with Crippen LogP contribution in [0.4, 0.5) is 0 Å². The second kappa shape index (κ2) is 2.94. The van der Waals surface area contributed by atoms with Gasteiger partial charge in [-0.25, -0.2) is 0 Å². The largest absolute Gasteiger partial charge is 0.388 e. The summed E-state index contributed by atoms with van der Waals surface area (Å²) in [5, 5.41) is 10.5. The van der Waals surface area contributed by atoms with Crippen LogP contribution in [0.1, 0.15) is 33.6 Å². The first kappa shape index (κ1) is 10.4. The molecule has 0 spiro atoms. The molecule has 0 aromatic heterocycles. The molecule has 2 bridgehead atoms. The van der Waals surface area contributed by atoms with Crippen LogP contribution in [0, 0.1) is 17.3 Å². The van der Waals surface area contributed by atoms with Crippen molar-refractivity contribution < 1.29 is 9.94 Å². The predicted molar refractivity (Wildman–Crippen MR) is 54.6 cm³/mol. The zero-order valence-corrected chi connectivity index (χ0v) is 9.50. The lowest BCUT2D eigenvalue weighted by atomic mass is 9.43. The summed E-state index contributed by atoms with van der Waals surface area (Å²) in [6, 6.07) is 0.0873. The van der Waals surface area contributed by atoms with Crippen molar-refractivity contribution in [3.8, 4) is 0 Å². The van der Waals surface area contributed by atoms with Gasteiger partial charge in [-0.05, 0) is 37.0 Å². The van der Waals surface area contributed by atoms with Crippen LogP contribution in [0.2, 0.25) is 0 Å². The molecule has 3 fully saturated rings. The highest BCUT2D eigenvalue weighted by atomic mass is 16.6. The molecule has 0 radical (unpaired) electrons. The molecule has 3 rings (SSSR count). The second-order valence-electron chi connectivity index (χ2n) is 5.64. The van der Waals surface area contributed by atoms with Crippen LogP contribution in [-0.4, -0.2) is 23.9 Å². The van der Waals surface area contributed by atoms with Crippen molar-refractivity contribution in [3.63, 3.8) is 0 Å². The lowest BCUT2D eigenvalue weighted by Crippen LogP contribution is -2.69. The average Bonchev–Trinajstić information content (AvgIpc) is 2.07. The monoisotopic (exact) mass is 199 g/mol. The Balaban J connectivity index is 2.16. The Kier molecular flexibility index (Phi) is 2.18. The molecule has 82 valence electrons. The Bertz CT molecular complexity index is 237. The van der Waals surface area contributed by atoms with Crippen LogP contribution in [-0.2, 0) is 4.84 Å². The minimum Gasteiger partial charge on any atom is -0.388 e. The third-order valence-electron chi connectivity index (χ3n) is 4.66. The van der Waals surface area contributed by atoms with Gasteiger partial charge in [-0.15, -0.1) is 0 Å². The van der Waals surface area contributed by atoms with Crippen LogP contribution in [0.3, 0.4) is 0 Å². The summed E-state index contributed by atoms with van der Waals surface area (Å²) in [5.41, 5.74) is 2.59. The molecule has 0 amide bonds. The average molecular weight is 199 g/mol. The Morgan fingerprint density at radius 3 is 2.36 bits per heavy atom. The first-order valence-electron chi connectivity index (χ1n) is 5.41. The molecule has 3 aliphatic carbocycles. The van der Waals surface area contributed by atoms with Crippen molar-refractivity contribution >= 4 is 0 Å². The van der Waals surface area contributed by atoms with Gasteiger partial charge in [-0.2, -0.15) is 5.48 Å². The lowest BCUT2D eigenvalue weighted by Gasteiger charge is -2.65. The summed E-state index contributed by atoms with van der Waals surface area (Å²) in [6.45, 7) is 6.47. The molecule has 0 saturated heterocycles. The van der Waals surface area contributed by atoms with Crippen molar-refractivity contribution in [1.29, 1.82) is 0 Å². The van der Waals surface area contributed by atoms with Crippen molar-refractivity contribution in [1.82, 2.24) is 5.48 Å². The Morgan fingerprint density at radius 1 is 1.29 bits per heavy atom. The van der Waals surface area contributed by atoms with Gasteiger partial charge in [0.1, 0.15) is 0 Å². The standard InChI is InChI=1S/C11H21NO2/c1-10(2)7-5-8(10)11(3,13)9(6-7)12-14-4/h7-9,12-13H,5-6H2,1-4H3/t7-,8-,9+,11-/m0/s1. The van der Waals surface area contributed by atoms with E-state index in [1.54, 1.807) is 7.11 Å². The molecular weight excluding hydrogens is 178 g/mol. The minimum atomic E-state index is -0.631. The number of aliphatic hydroxyl groups is 1. The quantitative estimate of drug-likeness (QED) is 0.659. The summed E-state index contributed by atoms with van der Waals surface area (Å²) >= 11 is 0. The molecular formula is C11H21NO2. The summed E-state index contributed by atoms with van der Waals surface area (Å²) in [4.78, 5) is 4.94. The third-order valence-corrected chi connectivity index (χ3v) is 4.66. The van der Waals surface area contributed by atoms with Crippen molar-refractivity contribution in [2.45, 2.75) is 45.3 Å². The van der Waals surface area contributed by atoms with Gasteiger partial charge >= 0.3 is 0 Å². The highest BCUT2D eigenvalue weighted by Crippen LogP contribution is 2.62. The van der Waals surface area contributed by atoms with Crippen LogP contribution >= 0.6 is 0 Å². The number of fused-ring (bicyclic) bond motifs is 2. The SMILES string of the molecule is CON[C@@H]1C[C@@H]2C[C@@H](C2(C)C)[C@]1(C)O. The van der Waals surface area contributed by atoms with E-state index in [-0.39, 0.29) is 6.04 Å². The molecule has 3 nitrogen and oxygen atoms in total. The van der Waals surface area contributed by atoms with E-state index < -0.39 is 5.60 Å². The first-order chi connectivity index (χ1) is 6.40. The highest BCUT2D eigenvalue weighted by molar-refractivity contribution is 5.13. The van der Waals surface area contributed by atoms with Crippen LogP contribution in [0.5, 0.6) is 0 Å². The molecule has 2 N–H and O–H groups in total. The molecule has 4 atom stereocenters. The van der Waals surface area contributed by atoms with Crippen LogP contribution < -0.4 is 5.48 Å². The first-order valence-corrected chi connectivity index (χ1v) is 5.41. The van der Waals surface area contributed by atoms with Gasteiger partial charge in [0, 0.05) is 0 Å². The molecule has 14 heavy (non-hydrogen) atoms. The maximum Gasteiger partial charge on any atom is 0.0828 e. The van der Waals surface area contributed by atoms with Gasteiger partial charge in [-0.1, -0.05) is 13.8 Å². The molecule has 3 heteroatoms. The summed E-state index contributed by atoms with van der Waals surface area (Å²) in [7, 11) is 1.61. The predicted octanol–water partition coefficient (Wildman–Crippen LogP) is 1.32. The fourth-order valence-corrected chi connectivity index (χ4v) is 3.48. The summed E-state index contributed by atoms with van der Waals surface area (Å²) in [5.74, 6) is 1.14. The number of hydrogen-bond donors (Lipinski definition) is 2. The number of nitrogens with one attached hydrogen (secondary N) is 1. The molecule has 3 aliphatic rings. The molecule has 0 aliphatic heterocycles. The Labute approximate surface area is 85.8 Å². The second-order valence-corrected chi connectivity index (χ2v) is 5.64. The Morgan fingerprint density at radius 2 is 1.93 bits per heavy atom. The van der Waals surface area contributed by atoms with E-state index in [1.165, 1.54) is 6.42 Å². The molecule has 0 unspecified atom stereocenters. The fraction of sp³-hybridized carbons (Fsp3) is 1.00. The number of rotatable bonds is 2. The van der Waals surface area contributed by atoms with Gasteiger partial charge in [0.15, 0.2) is 0 Å². The fourth-order valence-electron chi connectivity index (χ4n) is 3.48. The van der Waals surface area contributed by atoms with Crippen LogP contribution in [0.15, 0.2) is 0 Å². The van der Waals surface area contributed by atoms with E-state index in [2.05, 4.69) is 19.3 Å².